The van der Waals surface area contributed by atoms with Crippen LogP contribution < -0.4 is 37.1 Å². The van der Waals surface area contributed by atoms with Crippen molar-refractivity contribution in [2.45, 2.75) is 0 Å². The Bertz CT molecular complexity index is 1810. The molecule has 289 valence electrons. The number of hydrogen-bond donors (Lipinski definition) is 0. The molecule has 8 heteroatoms. The van der Waals surface area contributed by atoms with Crippen LogP contribution in [0.2, 0.25) is 0 Å². The first kappa shape index (κ1) is 46.1. The van der Waals surface area contributed by atoms with E-state index in [1.807, 2.05) is 17.3 Å². The Morgan fingerprint density at radius 2 is 0.571 bits per heavy atom. The predicted octanol–water partition coefficient (Wildman–Crippen LogP) is 10.5. The molecule has 8 rings (SSSR count). The number of benzene rings is 7. The van der Waals surface area contributed by atoms with Crippen LogP contribution in [-0.2, 0) is 33.8 Å². The second kappa shape index (κ2) is 28.7. The van der Waals surface area contributed by atoms with Crippen LogP contribution in [0.5, 0.6) is 0 Å². The molecule has 0 fully saturated rings. The minimum absolute atomic E-state index is 0.472. The van der Waals surface area contributed by atoms with Crippen LogP contribution in [0.15, 0.2) is 218 Å². The van der Waals surface area contributed by atoms with Crippen LogP contribution in [0.4, 0.5) is 0 Å². The van der Waals surface area contributed by atoms with Gasteiger partial charge >= 0.3 is 62.3 Å². The molecule has 0 bridgehead atoms. The fraction of sp³-hybridized carbons (Fsp3) is 0.0208. The van der Waals surface area contributed by atoms with Gasteiger partial charge in [-0.3, -0.25) is 0 Å². The molecule has 0 atom stereocenters. The Kier molecular flexibility index (Phi) is 23.6. The average molecular weight is 1110 g/mol. The molecule has 0 aliphatic rings. The summed E-state index contributed by atoms with van der Waals surface area (Å²) in [6, 6.07) is 89.0. The quantitative estimate of drug-likeness (QED) is 0.0768. The molecule has 0 amide bonds. The van der Waals surface area contributed by atoms with Gasteiger partial charge in [-0.1, -0.05) is 127 Å². The molecule has 0 aliphatic carbocycles. The van der Waals surface area contributed by atoms with Gasteiger partial charge in [-0.15, -0.1) is 0 Å². The largest absolute Gasteiger partial charge is 0.999 e. The maximum absolute atomic E-state index is 4.88. The third kappa shape index (κ3) is 16.0. The third-order valence-electron chi connectivity index (χ3n) is 8.38. The van der Waals surface area contributed by atoms with Gasteiger partial charge in [0.2, 0.25) is 0 Å². The maximum Gasteiger partial charge on any atom is 0.174 e. The van der Waals surface area contributed by atoms with Gasteiger partial charge in [-0.2, -0.15) is 0 Å². The van der Waals surface area contributed by atoms with Crippen LogP contribution in [0, 0.1) is 24.3 Å². The number of rotatable bonds is 9. The monoisotopic (exact) mass is 1110 g/mol. The van der Waals surface area contributed by atoms with Gasteiger partial charge in [0.05, 0.1) is 7.92 Å². The van der Waals surface area contributed by atoms with Crippen LogP contribution in [-0.4, -0.2) is 5.90 Å². The van der Waals surface area contributed by atoms with E-state index in [0.29, 0.717) is 0 Å². The van der Waals surface area contributed by atoms with E-state index in [4.69, 9.17) is 18.8 Å². The first-order valence-corrected chi connectivity index (χ1v) is 30.3. The van der Waals surface area contributed by atoms with Gasteiger partial charge < -0.3 is 30.3 Å². The zero-order valence-electron chi connectivity index (χ0n) is 30.3. The number of halogens is 3. The fourth-order valence-corrected chi connectivity index (χ4v) is 16.3. The molecule has 0 aromatic heterocycles. The summed E-state index contributed by atoms with van der Waals surface area (Å²) in [7, 11) is 11.7. The zero-order valence-corrected chi connectivity index (χ0v) is 39.6. The van der Waals surface area contributed by atoms with Crippen molar-refractivity contribution in [1.29, 1.82) is 0 Å². The van der Waals surface area contributed by atoms with Crippen molar-refractivity contribution in [3.05, 3.63) is 243 Å². The summed E-state index contributed by atoms with van der Waals surface area (Å²) in [4.78, 5) is 0. The molecule has 0 nitrogen and oxygen atoms in total. The summed E-state index contributed by atoms with van der Waals surface area (Å²) in [5, 5.41) is 10.3. The van der Waals surface area contributed by atoms with Crippen LogP contribution >= 0.6 is 52.3 Å². The summed E-state index contributed by atoms with van der Waals surface area (Å²) in [6.07, 6.45) is 0. The van der Waals surface area contributed by atoms with Crippen LogP contribution in [0.25, 0.3) is 0 Å². The van der Waals surface area contributed by atoms with Gasteiger partial charge in [0.25, 0.3) is 0 Å². The topological polar surface area (TPSA) is 0 Å². The molecule has 0 saturated heterocycles. The fourth-order valence-electron chi connectivity index (χ4n) is 5.97. The standard InChI is InChI=1S/C25H22P2.C18H15P.C5H.3ClH.Pt.Ru/c1-5-13-22(14-6-1)26(23-15-7-2-8-16-23)21-27(24-17-9-3-10-18-24)25-19-11-4-12-20-25;1-4-10-16(11-5-1)19(17-12-6-2-7-13-17)18-14-8-3-9-15-18;1-2-4-5-3-1;;;;;/h1-20H,21H2;1-15H;1H;3*1H;;/q;;-5;;;;+2;+1. The Balaban J connectivity index is 0.000000207. The molecule has 0 aliphatic heterocycles. The van der Waals surface area contributed by atoms with Gasteiger partial charge in [-0.25, -0.2) is 0 Å². The third-order valence-corrected chi connectivity index (χ3v) is 18.1. The summed E-state index contributed by atoms with van der Waals surface area (Å²) in [6.45, 7) is 0. The molecule has 8 aromatic carbocycles. The summed E-state index contributed by atoms with van der Waals surface area (Å²) in [5.74, 6) is 1.25. The van der Waals surface area contributed by atoms with E-state index >= 15 is 0 Å². The summed E-state index contributed by atoms with van der Waals surface area (Å²) < 4.78 is 0. The molecule has 0 unspecified atom stereocenters. The van der Waals surface area contributed by atoms with Crippen molar-refractivity contribution in [2.24, 2.45) is 0 Å². The van der Waals surface area contributed by atoms with Crippen LogP contribution in [0.1, 0.15) is 0 Å². The predicted molar refractivity (Wildman–Crippen MR) is 247 cm³/mol. The van der Waals surface area contributed by atoms with E-state index < -0.39 is 40.2 Å². The molecular formula is C48H41Cl3P3PtRu-2. The van der Waals surface area contributed by atoms with E-state index in [-0.39, 0.29) is 0 Å². The van der Waals surface area contributed by atoms with E-state index in [2.05, 4.69) is 246 Å². The molecule has 0 spiro atoms. The Morgan fingerprint density at radius 3 is 0.750 bits per heavy atom. The SMILES string of the molecule is [Cl][Pt][Cl].[Cl][Ru].[c-]1[c-][c-][cH-][c-]1.c1ccc([PH+](C[PH+](c2ccccc2)c2ccccc2)c2ccccc2)cc1.c1ccc([PH+](c2ccccc2)c2ccccc2)cc1. The number of hydrogen-bond acceptors (Lipinski definition) is 0. The van der Waals surface area contributed by atoms with Crippen molar-refractivity contribution in [1.82, 2.24) is 0 Å². The molecule has 0 heterocycles. The Hall–Kier alpha value is -2.64. The van der Waals surface area contributed by atoms with Crippen molar-refractivity contribution >= 4 is 89.4 Å². The van der Waals surface area contributed by atoms with Crippen molar-refractivity contribution in [3.63, 3.8) is 0 Å². The normalized spacial score (nSPS) is 10.1. The first-order chi connectivity index (χ1) is 27.8. The van der Waals surface area contributed by atoms with Gasteiger partial charge in [0.1, 0.15) is 53.0 Å². The molecule has 8 aromatic rings. The smallest absolute Gasteiger partial charge is 0.174 e. The van der Waals surface area contributed by atoms with Crippen molar-refractivity contribution in [2.75, 3.05) is 5.90 Å². The molecular weight excluding hydrogens is 1070 g/mol. The van der Waals surface area contributed by atoms with E-state index in [9.17, 15) is 0 Å². The second-order valence-corrected chi connectivity index (χ2v) is 23.2. The Labute approximate surface area is 368 Å². The van der Waals surface area contributed by atoms with Gasteiger partial charge in [-0.05, 0) is 84.9 Å². The van der Waals surface area contributed by atoms with Gasteiger partial charge in [0.15, 0.2) is 5.90 Å². The molecule has 0 radical (unpaired) electrons. The minimum Gasteiger partial charge on any atom is -0.999 e. The summed E-state index contributed by atoms with van der Waals surface area (Å²) in [5.41, 5.74) is 0. The zero-order chi connectivity index (χ0) is 39.5. The molecule has 0 N–H and O–H groups in total. The van der Waals surface area contributed by atoms with Crippen molar-refractivity contribution < 1.29 is 33.8 Å². The first-order valence-electron chi connectivity index (χ1n) is 17.5. The molecule has 56 heavy (non-hydrogen) atoms. The van der Waals surface area contributed by atoms with Gasteiger partial charge in [0, 0.05) is 0 Å². The maximum atomic E-state index is 4.88. The van der Waals surface area contributed by atoms with Crippen molar-refractivity contribution in [3.8, 4) is 0 Å². The van der Waals surface area contributed by atoms with E-state index in [1.165, 1.54) is 43.0 Å². The molecule has 0 saturated carbocycles. The Morgan fingerprint density at radius 1 is 0.375 bits per heavy atom. The van der Waals surface area contributed by atoms with E-state index in [0.717, 1.165) is 0 Å². The second-order valence-electron chi connectivity index (χ2n) is 11.8. The summed E-state index contributed by atoms with van der Waals surface area (Å²) >= 11 is 1.35. The minimum atomic E-state index is -0.877. The van der Waals surface area contributed by atoms with E-state index in [1.54, 1.807) is 6.07 Å². The van der Waals surface area contributed by atoms with Crippen LogP contribution in [0.3, 0.4) is 0 Å². The average Bonchev–Trinajstić information content (AvgIpc) is 3.89.